The van der Waals surface area contributed by atoms with E-state index >= 15 is 0 Å². The van der Waals surface area contributed by atoms with E-state index in [1.807, 2.05) is 57.2 Å². The lowest BCUT2D eigenvalue weighted by molar-refractivity contribution is -0.143. The molecule has 4 fully saturated rings. The number of aromatic nitrogens is 1. The Bertz CT molecular complexity index is 1970. The van der Waals surface area contributed by atoms with Crippen molar-refractivity contribution < 1.29 is 37.2 Å². The van der Waals surface area contributed by atoms with Gasteiger partial charge in [0.05, 0.1) is 17.5 Å². The van der Waals surface area contributed by atoms with E-state index in [0.717, 1.165) is 55.2 Å². The van der Waals surface area contributed by atoms with Crippen molar-refractivity contribution in [2.75, 3.05) is 6.54 Å². The van der Waals surface area contributed by atoms with Gasteiger partial charge in [-0.2, -0.15) is 0 Å². The first-order valence-electron chi connectivity index (χ1n) is 19.7. The highest BCUT2D eigenvalue weighted by Gasteiger charge is 2.62. The van der Waals surface area contributed by atoms with Crippen molar-refractivity contribution in [2.24, 2.45) is 16.5 Å². The number of likely N-dealkylation sites (tertiary alicyclic amines) is 1. The number of carbonyl (C=O) groups excluding carboxylic acids is 4. The van der Waals surface area contributed by atoms with Crippen molar-refractivity contribution in [2.45, 2.75) is 126 Å². The minimum atomic E-state index is -3.90. The molecule has 5 atom stereocenters. The molecule has 4 amide bonds. The number of benzene rings is 1. The van der Waals surface area contributed by atoms with Crippen LogP contribution in [0.2, 0.25) is 0 Å². The molecule has 56 heavy (non-hydrogen) atoms. The van der Waals surface area contributed by atoms with Gasteiger partial charge < -0.3 is 25.1 Å². The molecule has 7 rings (SSSR count). The molecule has 2 aromatic rings. The summed E-state index contributed by atoms with van der Waals surface area (Å²) in [5, 5.41) is 9.68. The number of carbonyl (C=O) groups is 4. The molecule has 3 N–H and O–H groups in total. The van der Waals surface area contributed by atoms with Crippen molar-refractivity contribution in [3.05, 3.63) is 77.6 Å². The zero-order chi connectivity index (χ0) is 39.8. The molecule has 0 spiro atoms. The molecule has 14 nitrogen and oxygen atoms in total. The molecule has 0 unspecified atom stereocenters. The van der Waals surface area contributed by atoms with Gasteiger partial charge in [-0.3, -0.25) is 24.1 Å². The summed E-state index contributed by atoms with van der Waals surface area (Å²) in [5.41, 5.74) is 1.90. The number of oxime groups is 1. The maximum Gasteiger partial charge on any atom is 0.408 e. The lowest BCUT2D eigenvalue weighted by Crippen LogP contribution is -2.60. The fourth-order valence-electron chi connectivity index (χ4n) is 8.22. The summed E-state index contributed by atoms with van der Waals surface area (Å²) in [7, 11) is -3.90. The highest BCUT2D eigenvalue weighted by atomic mass is 32.2. The molecule has 1 aromatic carbocycles. The standard InChI is InChI=1S/C41H52N6O8S/c1-5-11-27-23-41(27,38(50)46-56(52,53)30-19-20-30)44-36(48)32-22-29(24-47(32)37(49)35(40(2,3)4)43-39(51)54-28-14-7-8-15-28)55-45-34-31-16-9-6-12-25(31)17-18-26-13-10-21-42-33(26)34/h5-6,9-10,12-13,16,21,27-30,32,35H,1,7-8,11,14-15,17-20,22-24H2,2-4H3,(H,43,51)(H,44,48)(H,46,50)/b45-34+/t27-,29-,32+,35-,41-/m1/s1. The molecule has 0 bridgehead atoms. The highest BCUT2D eigenvalue weighted by Crippen LogP contribution is 2.47. The maximum atomic E-state index is 14.7. The summed E-state index contributed by atoms with van der Waals surface area (Å²) in [6.45, 7) is 9.16. The van der Waals surface area contributed by atoms with Crippen molar-refractivity contribution in [3.63, 3.8) is 0 Å². The molecular weight excluding hydrogens is 737 g/mol. The van der Waals surface area contributed by atoms with E-state index in [-0.39, 0.29) is 31.4 Å². The molecule has 4 aliphatic carbocycles. The van der Waals surface area contributed by atoms with Gasteiger partial charge in [0.25, 0.3) is 5.91 Å². The Balaban J connectivity index is 1.18. The number of sulfonamides is 1. The Morgan fingerprint density at radius 3 is 2.46 bits per heavy atom. The second kappa shape index (κ2) is 15.6. The van der Waals surface area contributed by atoms with Crippen molar-refractivity contribution in [1.29, 1.82) is 0 Å². The average molecular weight is 789 g/mol. The van der Waals surface area contributed by atoms with E-state index in [2.05, 4.69) is 32.1 Å². The van der Waals surface area contributed by atoms with Gasteiger partial charge >= 0.3 is 6.09 Å². The largest absolute Gasteiger partial charge is 0.446 e. The Hall–Kier alpha value is -4.79. The molecule has 1 aromatic heterocycles. The minimum Gasteiger partial charge on any atom is -0.446 e. The van der Waals surface area contributed by atoms with E-state index in [9.17, 15) is 27.6 Å². The number of rotatable bonds is 12. The molecule has 15 heteroatoms. The Kier molecular flexibility index (Phi) is 11.0. The summed E-state index contributed by atoms with van der Waals surface area (Å²) >= 11 is 0. The Morgan fingerprint density at radius 2 is 1.75 bits per heavy atom. The lowest BCUT2D eigenvalue weighted by atomic mass is 9.85. The monoisotopic (exact) mass is 788 g/mol. The van der Waals surface area contributed by atoms with E-state index in [1.165, 1.54) is 4.90 Å². The first kappa shape index (κ1) is 39.4. The number of hydrogen-bond donors (Lipinski definition) is 3. The number of nitrogens with one attached hydrogen (secondary N) is 3. The van der Waals surface area contributed by atoms with Crippen LogP contribution in [0.4, 0.5) is 4.79 Å². The van der Waals surface area contributed by atoms with Crippen LogP contribution in [0.25, 0.3) is 0 Å². The van der Waals surface area contributed by atoms with Gasteiger partial charge in [0, 0.05) is 18.2 Å². The Morgan fingerprint density at radius 1 is 1.04 bits per heavy atom. The summed E-state index contributed by atoms with van der Waals surface area (Å²) in [6.07, 6.45) is 8.13. The quantitative estimate of drug-likeness (QED) is 0.211. The van der Waals surface area contributed by atoms with Crippen LogP contribution >= 0.6 is 0 Å². The van der Waals surface area contributed by atoms with Crippen LogP contribution in [-0.4, -0.2) is 89.5 Å². The van der Waals surface area contributed by atoms with E-state index in [1.54, 1.807) is 12.3 Å². The molecule has 300 valence electrons. The molecule has 5 aliphatic rings. The third-order valence-electron chi connectivity index (χ3n) is 11.7. The average Bonchev–Trinajstić information content (AvgIpc) is 4.04. The lowest BCUT2D eigenvalue weighted by Gasteiger charge is -2.35. The van der Waals surface area contributed by atoms with Crippen molar-refractivity contribution in [1.82, 2.24) is 25.2 Å². The topological polar surface area (TPSA) is 185 Å². The van der Waals surface area contributed by atoms with Gasteiger partial charge in [0.15, 0.2) is 0 Å². The number of fused-ring (bicyclic) bond motifs is 2. The van der Waals surface area contributed by atoms with Crippen LogP contribution in [0.5, 0.6) is 0 Å². The summed E-state index contributed by atoms with van der Waals surface area (Å²) in [5.74, 6) is -2.36. The number of allylic oxidation sites excluding steroid dienone is 1. The minimum absolute atomic E-state index is 0.0126. The highest BCUT2D eigenvalue weighted by molar-refractivity contribution is 7.91. The van der Waals surface area contributed by atoms with Crippen LogP contribution in [0.3, 0.4) is 0 Å². The van der Waals surface area contributed by atoms with Gasteiger partial charge in [-0.05, 0) is 92.7 Å². The third kappa shape index (κ3) is 8.33. The number of amides is 4. The van der Waals surface area contributed by atoms with Crippen molar-refractivity contribution in [3.8, 4) is 0 Å². The zero-order valence-electron chi connectivity index (χ0n) is 32.3. The second-order valence-corrected chi connectivity index (χ2v) is 18.9. The van der Waals surface area contributed by atoms with Gasteiger partial charge in [-0.15, -0.1) is 6.58 Å². The van der Waals surface area contributed by atoms with Crippen LogP contribution in [0.15, 0.2) is 60.4 Å². The number of alkyl carbamates (subject to hydrolysis) is 1. The van der Waals surface area contributed by atoms with E-state index < -0.39 is 68.2 Å². The van der Waals surface area contributed by atoms with E-state index in [4.69, 9.17) is 9.57 Å². The van der Waals surface area contributed by atoms with Gasteiger partial charge in [0.2, 0.25) is 21.8 Å². The summed E-state index contributed by atoms with van der Waals surface area (Å²) < 4.78 is 33.5. The fourth-order valence-corrected chi connectivity index (χ4v) is 9.58. The van der Waals surface area contributed by atoms with Crippen LogP contribution in [-0.2, 0) is 46.8 Å². The molecule has 1 aliphatic heterocycles. The molecular formula is C41H52N6O8S. The number of nitrogens with zero attached hydrogens (tertiary/aromatic N) is 3. The number of ether oxygens (including phenoxy) is 1. The number of aryl methyl sites for hydroxylation is 2. The van der Waals surface area contributed by atoms with Gasteiger partial charge in [-0.1, -0.05) is 62.3 Å². The first-order valence-corrected chi connectivity index (χ1v) is 21.3. The van der Waals surface area contributed by atoms with Crippen LogP contribution in [0.1, 0.15) is 101 Å². The number of pyridine rings is 1. The number of hydrogen-bond acceptors (Lipinski definition) is 10. The summed E-state index contributed by atoms with van der Waals surface area (Å²) in [6, 6.07) is 9.57. The Labute approximate surface area is 328 Å². The van der Waals surface area contributed by atoms with Crippen LogP contribution < -0.4 is 15.4 Å². The molecule has 3 saturated carbocycles. The SMILES string of the molecule is C=CC[C@@H]1C[C@]1(NC(=O)[C@@H]1C[C@@H](O/N=C2\c3ccccc3CCc3cccnc32)CN1C(=O)[C@@H](NC(=O)OC1CCCC1)C(C)(C)C)C(=O)NS(=O)(=O)C1CC1. The maximum absolute atomic E-state index is 14.7. The second-order valence-electron chi connectivity index (χ2n) is 16.9. The normalized spacial score (nSPS) is 25.9. The first-order chi connectivity index (χ1) is 26.7. The molecule has 0 radical (unpaired) electrons. The smallest absolute Gasteiger partial charge is 0.408 e. The van der Waals surface area contributed by atoms with Gasteiger partial charge in [-0.25, -0.2) is 13.2 Å². The molecule has 1 saturated heterocycles. The predicted molar refractivity (Wildman–Crippen MR) is 208 cm³/mol. The van der Waals surface area contributed by atoms with Gasteiger partial charge in [0.1, 0.15) is 35.5 Å². The zero-order valence-corrected chi connectivity index (χ0v) is 33.1. The third-order valence-corrected chi connectivity index (χ3v) is 13.5. The summed E-state index contributed by atoms with van der Waals surface area (Å²) in [4.78, 5) is 68.2. The fraction of sp³-hybridized carbons (Fsp3) is 0.561. The predicted octanol–water partition coefficient (Wildman–Crippen LogP) is 4.06. The molecule has 2 heterocycles. The van der Waals surface area contributed by atoms with Crippen LogP contribution in [0, 0.1) is 11.3 Å². The van der Waals surface area contributed by atoms with E-state index in [0.29, 0.717) is 30.7 Å². The van der Waals surface area contributed by atoms with Crippen molar-refractivity contribution >= 4 is 39.5 Å².